The first-order valence-electron chi connectivity index (χ1n) is 7.94. The van der Waals surface area contributed by atoms with Crippen LogP contribution in [0.4, 0.5) is 5.69 Å². The van der Waals surface area contributed by atoms with E-state index < -0.39 is 0 Å². The van der Waals surface area contributed by atoms with E-state index in [2.05, 4.69) is 26.5 Å². The standard InChI is InChI=1S/C18H17N3O2S/c22-20-17-14(6-5-13-3-1-7-19-16(13)17)18(15-4-2-12-24-15)21-8-10-23-11-9-21/h1-7,12,18H,8-11H2. The molecule has 5 nitrogen and oxygen atoms in total. The highest BCUT2D eigenvalue weighted by molar-refractivity contribution is 7.10. The molecule has 122 valence electrons. The summed E-state index contributed by atoms with van der Waals surface area (Å²) in [5.41, 5.74) is 2.03. The molecule has 0 spiro atoms. The molecule has 3 aromatic rings. The van der Waals surface area contributed by atoms with Gasteiger partial charge in [-0.3, -0.25) is 9.88 Å². The van der Waals surface area contributed by atoms with Crippen molar-refractivity contribution < 1.29 is 4.74 Å². The summed E-state index contributed by atoms with van der Waals surface area (Å²) < 4.78 is 5.49. The van der Waals surface area contributed by atoms with E-state index >= 15 is 0 Å². The van der Waals surface area contributed by atoms with Crippen LogP contribution >= 0.6 is 11.3 Å². The fourth-order valence-corrected chi connectivity index (χ4v) is 4.15. The van der Waals surface area contributed by atoms with Crippen LogP contribution in [0.3, 0.4) is 0 Å². The maximum absolute atomic E-state index is 11.7. The Morgan fingerprint density at radius 2 is 2.04 bits per heavy atom. The number of morpholine rings is 1. The highest BCUT2D eigenvalue weighted by Gasteiger charge is 2.28. The number of fused-ring (bicyclic) bond motifs is 1. The molecular formula is C18H17N3O2S. The first-order chi connectivity index (χ1) is 11.9. The van der Waals surface area contributed by atoms with Crippen molar-refractivity contribution in [1.29, 1.82) is 0 Å². The monoisotopic (exact) mass is 339 g/mol. The Balaban J connectivity index is 1.88. The first-order valence-corrected chi connectivity index (χ1v) is 8.82. The smallest absolute Gasteiger partial charge is 0.139 e. The van der Waals surface area contributed by atoms with Gasteiger partial charge in [-0.05, 0) is 22.7 Å². The van der Waals surface area contributed by atoms with Crippen LogP contribution in [0.2, 0.25) is 0 Å². The molecule has 0 radical (unpaired) electrons. The van der Waals surface area contributed by atoms with Gasteiger partial charge in [0.15, 0.2) is 0 Å². The van der Waals surface area contributed by atoms with Crippen LogP contribution < -0.4 is 0 Å². The second kappa shape index (κ2) is 6.76. The Kier molecular flexibility index (Phi) is 4.34. The molecule has 1 atom stereocenters. The first kappa shape index (κ1) is 15.4. The predicted octanol–water partition coefficient (Wildman–Crippen LogP) is 4.12. The zero-order valence-corrected chi connectivity index (χ0v) is 13.9. The van der Waals surface area contributed by atoms with Gasteiger partial charge in [0.1, 0.15) is 5.69 Å². The number of nitrogens with zero attached hydrogens (tertiary/aromatic N) is 3. The van der Waals surface area contributed by atoms with Crippen molar-refractivity contribution in [3.8, 4) is 0 Å². The summed E-state index contributed by atoms with van der Waals surface area (Å²) in [5, 5.41) is 6.36. The quantitative estimate of drug-likeness (QED) is 0.671. The Hall–Kier alpha value is -2.15. The molecule has 1 aromatic carbocycles. The number of benzene rings is 1. The summed E-state index contributed by atoms with van der Waals surface area (Å²) in [6, 6.07) is 12.0. The van der Waals surface area contributed by atoms with Crippen LogP contribution in [-0.2, 0) is 4.74 Å². The molecular weight excluding hydrogens is 322 g/mol. The minimum absolute atomic E-state index is 0.00741. The molecule has 4 rings (SSSR count). The van der Waals surface area contributed by atoms with Crippen LogP contribution in [-0.4, -0.2) is 36.2 Å². The maximum Gasteiger partial charge on any atom is 0.139 e. The third-order valence-electron chi connectivity index (χ3n) is 4.39. The van der Waals surface area contributed by atoms with Gasteiger partial charge in [0.05, 0.1) is 24.8 Å². The van der Waals surface area contributed by atoms with E-state index in [1.807, 2.05) is 30.3 Å². The molecule has 0 saturated carbocycles. The summed E-state index contributed by atoms with van der Waals surface area (Å²) in [6.07, 6.45) is 1.70. The number of nitroso groups, excluding NO2 is 1. The van der Waals surface area contributed by atoms with Crippen LogP contribution in [0, 0.1) is 4.91 Å². The average Bonchev–Trinajstić information content (AvgIpc) is 3.17. The van der Waals surface area contributed by atoms with Crippen LogP contribution in [0.25, 0.3) is 10.9 Å². The van der Waals surface area contributed by atoms with Gasteiger partial charge in [-0.2, -0.15) is 0 Å². The predicted molar refractivity (Wildman–Crippen MR) is 95.8 cm³/mol. The van der Waals surface area contributed by atoms with Gasteiger partial charge in [0, 0.05) is 35.1 Å². The third kappa shape index (κ3) is 2.73. The number of rotatable bonds is 4. The summed E-state index contributed by atoms with van der Waals surface area (Å²) >= 11 is 1.70. The summed E-state index contributed by atoms with van der Waals surface area (Å²) in [5.74, 6) is 0. The molecule has 1 saturated heterocycles. The Labute approximate surface area is 143 Å². The minimum atomic E-state index is 0.00741. The van der Waals surface area contributed by atoms with Crippen LogP contribution in [0.15, 0.2) is 53.2 Å². The zero-order chi connectivity index (χ0) is 16.4. The normalized spacial score (nSPS) is 17.0. The highest BCUT2D eigenvalue weighted by atomic mass is 32.1. The molecule has 1 aliphatic rings. The number of ether oxygens (including phenoxy) is 1. The van der Waals surface area contributed by atoms with E-state index in [9.17, 15) is 4.91 Å². The van der Waals surface area contributed by atoms with E-state index in [-0.39, 0.29) is 6.04 Å². The largest absolute Gasteiger partial charge is 0.379 e. The highest BCUT2D eigenvalue weighted by Crippen LogP contribution is 2.40. The lowest BCUT2D eigenvalue weighted by atomic mass is 9.98. The Morgan fingerprint density at radius 1 is 1.17 bits per heavy atom. The van der Waals surface area contributed by atoms with E-state index in [0.29, 0.717) is 24.4 Å². The van der Waals surface area contributed by atoms with Crippen molar-refractivity contribution in [2.24, 2.45) is 5.18 Å². The fraction of sp³-hybridized carbons (Fsp3) is 0.278. The lowest BCUT2D eigenvalue weighted by Gasteiger charge is -2.34. The van der Waals surface area contributed by atoms with Crippen molar-refractivity contribution in [1.82, 2.24) is 9.88 Å². The molecule has 0 aliphatic carbocycles. The number of aromatic nitrogens is 1. The fourth-order valence-electron chi connectivity index (χ4n) is 3.27. The molecule has 0 amide bonds. The summed E-state index contributed by atoms with van der Waals surface area (Å²) in [4.78, 5) is 19.6. The van der Waals surface area contributed by atoms with Crippen LogP contribution in [0.5, 0.6) is 0 Å². The van der Waals surface area contributed by atoms with E-state index in [1.165, 1.54) is 4.88 Å². The van der Waals surface area contributed by atoms with Gasteiger partial charge in [-0.1, -0.05) is 24.3 Å². The molecule has 1 unspecified atom stereocenters. The SMILES string of the molecule is O=Nc1c(C(c2cccs2)N2CCOCC2)ccc2cccnc12. The van der Waals surface area contributed by atoms with Crippen molar-refractivity contribution in [2.75, 3.05) is 26.3 Å². The van der Waals surface area contributed by atoms with Gasteiger partial charge < -0.3 is 4.74 Å². The van der Waals surface area contributed by atoms with Gasteiger partial charge >= 0.3 is 0 Å². The molecule has 24 heavy (non-hydrogen) atoms. The van der Waals surface area contributed by atoms with Crippen molar-refractivity contribution in [3.05, 3.63) is 63.3 Å². The number of hydrogen-bond acceptors (Lipinski definition) is 6. The number of pyridine rings is 1. The summed E-state index contributed by atoms with van der Waals surface area (Å²) in [7, 11) is 0. The third-order valence-corrected chi connectivity index (χ3v) is 5.31. The van der Waals surface area contributed by atoms with E-state index in [1.54, 1.807) is 17.5 Å². The van der Waals surface area contributed by atoms with Crippen molar-refractivity contribution >= 4 is 27.9 Å². The second-order valence-electron chi connectivity index (χ2n) is 5.74. The maximum atomic E-state index is 11.7. The Morgan fingerprint density at radius 3 is 2.79 bits per heavy atom. The lowest BCUT2D eigenvalue weighted by Crippen LogP contribution is -2.39. The van der Waals surface area contributed by atoms with Gasteiger partial charge in [0.25, 0.3) is 0 Å². The lowest BCUT2D eigenvalue weighted by molar-refractivity contribution is 0.0246. The van der Waals surface area contributed by atoms with Gasteiger partial charge in [-0.25, -0.2) is 0 Å². The zero-order valence-electron chi connectivity index (χ0n) is 13.1. The number of hydrogen-bond donors (Lipinski definition) is 0. The van der Waals surface area contributed by atoms with Gasteiger partial charge in [0.2, 0.25) is 0 Å². The second-order valence-corrected chi connectivity index (χ2v) is 6.72. The topological polar surface area (TPSA) is 54.8 Å². The summed E-state index contributed by atoms with van der Waals surface area (Å²) in [6.45, 7) is 3.08. The van der Waals surface area contributed by atoms with Crippen molar-refractivity contribution in [2.45, 2.75) is 6.04 Å². The van der Waals surface area contributed by atoms with Gasteiger partial charge in [-0.15, -0.1) is 16.2 Å². The van der Waals surface area contributed by atoms with Crippen LogP contribution in [0.1, 0.15) is 16.5 Å². The molecule has 2 aromatic heterocycles. The minimum Gasteiger partial charge on any atom is -0.379 e. The molecule has 1 aliphatic heterocycles. The van der Waals surface area contributed by atoms with E-state index in [0.717, 1.165) is 24.0 Å². The van der Waals surface area contributed by atoms with E-state index in [4.69, 9.17) is 4.74 Å². The molecule has 3 heterocycles. The molecule has 1 fully saturated rings. The Bertz CT molecular complexity index is 845. The average molecular weight is 339 g/mol. The number of thiophene rings is 1. The molecule has 6 heteroatoms. The molecule has 0 bridgehead atoms. The molecule has 0 N–H and O–H groups in total. The van der Waals surface area contributed by atoms with Crippen molar-refractivity contribution in [3.63, 3.8) is 0 Å².